The molecule has 0 aromatic heterocycles. The van der Waals surface area contributed by atoms with E-state index >= 15 is 0 Å². The van der Waals surface area contributed by atoms with Crippen LogP contribution in [0.4, 0.5) is 0 Å². The van der Waals surface area contributed by atoms with E-state index in [0.29, 0.717) is 21.5 Å². The smallest absolute Gasteiger partial charge is 0.0224 e. The molecule has 1 aliphatic carbocycles. The molecule has 1 fully saturated rings. The number of hydrogen-bond acceptors (Lipinski definition) is 2. The van der Waals surface area contributed by atoms with Crippen molar-refractivity contribution in [2.24, 2.45) is 0 Å². The standard InChI is InChI=1S/C36H34N2.2HI.V/c1-5-15-29-25(11-1)21-26-12-2-6-16-30(26)33(29)23-37-35-19-9-10-20-36(35)38-24-34-31-17-7-3-13-27(31)22-28-14-4-8-18-32(28)34;;;/h1-8,11-18,21-22,35-38H,9-10,19-20,23-24H2;2*1H;/q;;;+2/p-2. The van der Waals surface area contributed by atoms with E-state index in [1.807, 2.05) is 0 Å². The maximum atomic E-state index is 4.02. The van der Waals surface area contributed by atoms with Gasteiger partial charge in [-0.25, -0.2) is 0 Å². The molecule has 1 aliphatic rings. The van der Waals surface area contributed by atoms with Gasteiger partial charge in [0.2, 0.25) is 0 Å². The molecular formula is C36H34I2N2V. The fraction of sp³-hybridized carbons (Fsp3) is 0.222. The fourth-order valence-corrected chi connectivity index (χ4v) is 6.68. The zero-order chi connectivity index (χ0) is 28.0. The summed E-state index contributed by atoms with van der Waals surface area (Å²) in [6, 6.07) is 40.9. The molecule has 5 heteroatoms. The summed E-state index contributed by atoms with van der Waals surface area (Å²) >= 11 is 4.74. The topological polar surface area (TPSA) is 24.1 Å². The van der Waals surface area contributed by atoms with E-state index in [4.69, 9.17) is 0 Å². The fourth-order valence-electron chi connectivity index (χ4n) is 6.68. The molecule has 41 heavy (non-hydrogen) atoms. The van der Waals surface area contributed by atoms with Crippen LogP contribution in [0.1, 0.15) is 36.8 Å². The van der Waals surface area contributed by atoms with Crippen LogP contribution in [0.2, 0.25) is 0 Å². The first-order chi connectivity index (χ1) is 20.3. The largest absolute Gasteiger partial charge is 0.308 e. The van der Waals surface area contributed by atoms with Gasteiger partial charge in [0.05, 0.1) is 0 Å². The first-order valence-corrected chi connectivity index (χ1v) is 23.5. The van der Waals surface area contributed by atoms with Crippen LogP contribution in [0.25, 0.3) is 43.1 Å². The second-order valence-corrected chi connectivity index (χ2v) is 22.7. The number of fused-ring (bicyclic) bond motifs is 4. The SMILES string of the molecule is [I][V][I].c1ccc2c(CNC3CCCCC3NCc3c4ccccc4cc4ccccc34)c3ccccc3cc2c1. The molecule has 2 N–H and O–H groups in total. The third-order valence-electron chi connectivity index (χ3n) is 8.61. The number of halogens is 2. The molecule has 207 valence electrons. The van der Waals surface area contributed by atoms with Gasteiger partial charge in [0.25, 0.3) is 0 Å². The summed E-state index contributed by atoms with van der Waals surface area (Å²) in [7, 11) is 0.628. The molecular weight excluding hydrogens is 765 g/mol. The third-order valence-corrected chi connectivity index (χ3v) is 8.61. The third kappa shape index (κ3) is 6.63. The summed E-state index contributed by atoms with van der Waals surface area (Å²) in [5.41, 5.74) is 2.84. The van der Waals surface area contributed by atoms with Crippen molar-refractivity contribution in [2.45, 2.75) is 50.9 Å². The Labute approximate surface area is 271 Å². The van der Waals surface area contributed by atoms with Crippen molar-refractivity contribution in [3.05, 3.63) is 120 Å². The Morgan fingerprint density at radius 1 is 0.512 bits per heavy atom. The predicted molar refractivity (Wildman–Crippen MR) is 191 cm³/mol. The number of benzene rings is 6. The van der Waals surface area contributed by atoms with Crippen LogP contribution in [0.3, 0.4) is 0 Å². The molecule has 1 saturated carbocycles. The first-order valence-electron chi connectivity index (χ1n) is 14.4. The van der Waals surface area contributed by atoms with Gasteiger partial charge < -0.3 is 10.6 Å². The summed E-state index contributed by atoms with van der Waals surface area (Å²) < 4.78 is 0. The predicted octanol–water partition coefficient (Wildman–Crippen LogP) is 10.3. The summed E-state index contributed by atoms with van der Waals surface area (Å²) in [6.45, 7) is 1.78. The van der Waals surface area contributed by atoms with Crippen LogP contribution < -0.4 is 10.6 Å². The van der Waals surface area contributed by atoms with Crippen molar-refractivity contribution in [1.29, 1.82) is 0 Å². The Morgan fingerprint density at radius 2 is 0.805 bits per heavy atom. The molecule has 0 spiro atoms. The Kier molecular flexibility index (Phi) is 10.2. The van der Waals surface area contributed by atoms with Gasteiger partial charge in [-0.15, -0.1) is 0 Å². The second-order valence-electron chi connectivity index (χ2n) is 10.9. The minimum Gasteiger partial charge on any atom is -0.308 e. The molecule has 2 atom stereocenters. The maximum Gasteiger partial charge on any atom is 0.0224 e. The van der Waals surface area contributed by atoms with Gasteiger partial charge in [0.1, 0.15) is 0 Å². The molecule has 6 aromatic rings. The van der Waals surface area contributed by atoms with Gasteiger partial charge in [-0.1, -0.05) is 110 Å². The zero-order valence-electron chi connectivity index (χ0n) is 23.0. The summed E-state index contributed by atoms with van der Waals surface area (Å²) in [4.78, 5) is 0. The minimum atomic E-state index is 0.461. The molecule has 0 radical (unpaired) electrons. The Hall–Kier alpha value is -1.68. The monoisotopic (exact) mass is 799 g/mol. The molecule has 6 aromatic carbocycles. The molecule has 0 aliphatic heterocycles. The summed E-state index contributed by atoms with van der Waals surface area (Å²) in [6.07, 6.45) is 5.03. The average molecular weight is 799 g/mol. The van der Waals surface area contributed by atoms with Gasteiger partial charge >= 0.3 is 49.4 Å². The van der Waals surface area contributed by atoms with Crippen LogP contribution in [-0.4, -0.2) is 12.1 Å². The average Bonchev–Trinajstić information content (AvgIpc) is 3.02. The molecule has 2 unspecified atom stereocenters. The Balaban J connectivity index is 0.000000967. The van der Waals surface area contributed by atoms with Crippen LogP contribution >= 0.6 is 40.0 Å². The first kappa shape index (κ1) is 29.4. The quantitative estimate of drug-likeness (QED) is 0.130. The summed E-state index contributed by atoms with van der Waals surface area (Å²) in [5, 5.41) is 18.8. The molecule has 7 rings (SSSR count). The number of rotatable bonds is 6. The Bertz CT molecular complexity index is 1550. The minimum absolute atomic E-state index is 0.461. The van der Waals surface area contributed by atoms with E-state index in [1.54, 1.807) is 0 Å². The molecule has 0 bridgehead atoms. The van der Waals surface area contributed by atoms with Gasteiger partial charge in [-0.2, -0.15) is 0 Å². The Morgan fingerprint density at radius 3 is 1.12 bits per heavy atom. The summed E-state index contributed by atoms with van der Waals surface area (Å²) in [5.74, 6) is 0. The van der Waals surface area contributed by atoms with Crippen LogP contribution in [-0.2, 0) is 22.6 Å². The molecule has 0 heterocycles. The van der Waals surface area contributed by atoms with Crippen molar-refractivity contribution < 1.29 is 9.47 Å². The maximum absolute atomic E-state index is 4.02. The van der Waals surface area contributed by atoms with Gasteiger partial charge in [0, 0.05) is 25.2 Å². The van der Waals surface area contributed by atoms with Crippen molar-refractivity contribution in [3.63, 3.8) is 0 Å². The van der Waals surface area contributed by atoms with E-state index in [1.165, 1.54) is 79.9 Å². The van der Waals surface area contributed by atoms with E-state index < -0.39 is 0 Å². The van der Waals surface area contributed by atoms with E-state index in [2.05, 4.69) is 160 Å². The van der Waals surface area contributed by atoms with E-state index in [0.717, 1.165) is 13.1 Å². The van der Waals surface area contributed by atoms with Crippen LogP contribution in [0, 0.1) is 0 Å². The van der Waals surface area contributed by atoms with Gasteiger partial charge in [-0.3, -0.25) is 0 Å². The van der Waals surface area contributed by atoms with Crippen molar-refractivity contribution in [2.75, 3.05) is 0 Å². The van der Waals surface area contributed by atoms with Crippen LogP contribution in [0.5, 0.6) is 0 Å². The van der Waals surface area contributed by atoms with E-state index in [9.17, 15) is 0 Å². The normalized spacial score (nSPS) is 17.0. The van der Waals surface area contributed by atoms with Crippen molar-refractivity contribution in [1.82, 2.24) is 10.6 Å². The van der Waals surface area contributed by atoms with Crippen LogP contribution in [0.15, 0.2) is 109 Å². The van der Waals surface area contributed by atoms with Crippen molar-refractivity contribution in [3.8, 4) is 0 Å². The second kappa shape index (κ2) is 14.2. The van der Waals surface area contributed by atoms with E-state index in [-0.39, 0.29) is 0 Å². The molecule has 0 saturated heterocycles. The number of hydrogen-bond donors (Lipinski definition) is 2. The zero-order valence-corrected chi connectivity index (χ0v) is 28.7. The molecule has 2 nitrogen and oxygen atoms in total. The number of nitrogens with one attached hydrogen (secondary N) is 2. The van der Waals surface area contributed by atoms with Crippen molar-refractivity contribution >= 4 is 83.0 Å². The van der Waals surface area contributed by atoms with Gasteiger partial charge in [0.15, 0.2) is 0 Å². The van der Waals surface area contributed by atoms with Gasteiger partial charge in [-0.05, 0) is 79.2 Å². The molecule has 0 amide bonds.